The lowest BCUT2D eigenvalue weighted by Crippen LogP contribution is -2.41. The van der Waals surface area contributed by atoms with Crippen molar-refractivity contribution in [3.63, 3.8) is 0 Å². The molecule has 2 N–H and O–H groups in total. The summed E-state index contributed by atoms with van der Waals surface area (Å²) in [5.41, 5.74) is 1.25. The van der Waals surface area contributed by atoms with Crippen LogP contribution in [-0.2, 0) is 9.53 Å². The van der Waals surface area contributed by atoms with Crippen LogP contribution in [0.15, 0.2) is 22.7 Å². The molecule has 1 atom stereocenters. The molecule has 0 bridgehead atoms. The average Bonchev–Trinajstić information content (AvgIpc) is 2.33. The number of aryl methyl sites for hydroxylation is 1. The van der Waals surface area contributed by atoms with E-state index in [9.17, 15) is 9.59 Å². The third-order valence-electron chi connectivity index (χ3n) is 2.65. The van der Waals surface area contributed by atoms with E-state index in [1.807, 2.05) is 0 Å². The minimum Gasteiger partial charge on any atom is -0.480 e. The second kappa shape index (κ2) is 7.25. The van der Waals surface area contributed by atoms with Gasteiger partial charge < -0.3 is 15.2 Å². The monoisotopic (exact) mass is 329 g/mol. The quantitative estimate of drug-likeness (QED) is 0.836. The standard InChI is InChI=1S/C13H16BrNO4/c1-8-7-9(14)3-4-10(8)12(16)15-11(13(17)18)5-6-19-2/h3-4,7,11H,5-6H2,1-2H3,(H,15,16)(H,17,18). The second-order valence-electron chi connectivity index (χ2n) is 4.11. The maximum absolute atomic E-state index is 12.0. The Morgan fingerprint density at radius 2 is 2.16 bits per heavy atom. The lowest BCUT2D eigenvalue weighted by Gasteiger charge is -2.15. The molecule has 1 aromatic rings. The van der Waals surface area contributed by atoms with E-state index in [0.717, 1.165) is 10.0 Å². The molecule has 0 saturated heterocycles. The molecule has 1 amide bonds. The summed E-state index contributed by atoms with van der Waals surface area (Å²) in [6, 6.07) is 4.26. The van der Waals surface area contributed by atoms with Crippen LogP contribution in [0, 0.1) is 6.92 Å². The number of carboxylic acid groups (broad SMARTS) is 1. The highest BCUT2D eigenvalue weighted by atomic mass is 79.9. The number of methoxy groups -OCH3 is 1. The van der Waals surface area contributed by atoms with Gasteiger partial charge in [-0.3, -0.25) is 4.79 Å². The molecule has 0 aromatic heterocycles. The Kier molecular flexibility index (Phi) is 5.98. The van der Waals surface area contributed by atoms with Crippen LogP contribution in [0.5, 0.6) is 0 Å². The first-order chi connectivity index (χ1) is 8.95. The van der Waals surface area contributed by atoms with Crippen LogP contribution >= 0.6 is 15.9 Å². The number of nitrogens with one attached hydrogen (secondary N) is 1. The maximum atomic E-state index is 12.0. The van der Waals surface area contributed by atoms with Gasteiger partial charge >= 0.3 is 5.97 Å². The molecule has 0 radical (unpaired) electrons. The SMILES string of the molecule is COCCC(NC(=O)c1ccc(Br)cc1C)C(=O)O. The zero-order valence-corrected chi connectivity index (χ0v) is 12.4. The molecule has 1 rings (SSSR count). The summed E-state index contributed by atoms with van der Waals surface area (Å²) in [5.74, 6) is -1.46. The summed E-state index contributed by atoms with van der Waals surface area (Å²) in [6.45, 7) is 2.07. The first-order valence-electron chi connectivity index (χ1n) is 5.74. The van der Waals surface area contributed by atoms with Gasteiger partial charge in [0, 0.05) is 30.2 Å². The van der Waals surface area contributed by atoms with Crippen molar-refractivity contribution in [2.45, 2.75) is 19.4 Å². The van der Waals surface area contributed by atoms with Crippen LogP contribution in [-0.4, -0.2) is 36.7 Å². The third-order valence-corrected chi connectivity index (χ3v) is 3.14. The van der Waals surface area contributed by atoms with Crippen molar-refractivity contribution < 1.29 is 19.4 Å². The first kappa shape index (κ1) is 15.7. The van der Waals surface area contributed by atoms with E-state index in [1.165, 1.54) is 7.11 Å². The van der Waals surface area contributed by atoms with Gasteiger partial charge in [0.25, 0.3) is 5.91 Å². The van der Waals surface area contributed by atoms with E-state index < -0.39 is 17.9 Å². The third kappa shape index (κ3) is 4.65. The van der Waals surface area contributed by atoms with Crippen LogP contribution in [0.4, 0.5) is 0 Å². The average molecular weight is 330 g/mol. The summed E-state index contributed by atoms with van der Waals surface area (Å²) in [7, 11) is 1.49. The molecule has 104 valence electrons. The first-order valence-corrected chi connectivity index (χ1v) is 6.53. The van der Waals surface area contributed by atoms with Crippen molar-refractivity contribution >= 4 is 27.8 Å². The largest absolute Gasteiger partial charge is 0.480 e. The van der Waals surface area contributed by atoms with Gasteiger partial charge in [-0.1, -0.05) is 15.9 Å². The molecule has 0 spiro atoms. The summed E-state index contributed by atoms with van der Waals surface area (Å²) >= 11 is 3.31. The minimum absolute atomic E-state index is 0.229. The number of amides is 1. The minimum atomic E-state index is -1.07. The smallest absolute Gasteiger partial charge is 0.326 e. The van der Waals surface area contributed by atoms with Gasteiger partial charge in [-0.15, -0.1) is 0 Å². The lowest BCUT2D eigenvalue weighted by molar-refractivity contribution is -0.139. The molecule has 0 fully saturated rings. The van der Waals surface area contributed by atoms with Crippen molar-refractivity contribution in [3.05, 3.63) is 33.8 Å². The van der Waals surface area contributed by atoms with Crippen LogP contribution in [0.25, 0.3) is 0 Å². The van der Waals surface area contributed by atoms with E-state index in [1.54, 1.807) is 25.1 Å². The number of carboxylic acids is 1. The number of carbonyl (C=O) groups excluding carboxylic acids is 1. The predicted octanol–water partition coefficient (Wildman–Crippen LogP) is 1.98. The Morgan fingerprint density at radius 3 is 2.68 bits per heavy atom. The maximum Gasteiger partial charge on any atom is 0.326 e. The molecule has 0 aliphatic rings. The Balaban J connectivity index is 2.78. The van der Waals surface area contributed by atoms with Gasteiger partial charge in [-0.05, 0) is 30.7 Å². The number of rotatable bonds is 6. The highest BCUT2D eigenvalue weighted by Crippen LogP contribution is 2.16. The molecule has 0 aliphatic carbocycles. The number of hydrogen-bond donors (Lipinski definition) is 2. The fourth-order valence-corrected chi connectivity index (χ4v) is 2.09. The van der Waals surface area contributed by atoms with E-state index >= 15 is 0 Å². The molecule has 5 nitrogen and oxygen atoms in total. The number of hydrogen-bond acceptors (Lipinski definition) is 3. The fourth-order valence-electron chi connectivity index (χ4n) is 1.61. The fraction of sp³-hybridized carbons (Fsp3) is 0.385. The van der Waals surface area contributed by atoms with Crippen molar-refractivity contribution in [1.82, 2.24) is 5.32 Å². The van der Waals surface area contributed by atoms with Crippen molar-refractivity contribution in [2.24, 2.45) is 0 Å². The molecule has 6 heteroatoms. The van der Waals surface area contributed by atoms with Crippen molar-refractivity contribution in [1.29, 1.82) is 0 Å². The summed E-state index contributed by atoms with van der Waals surface area (Å²) < 4.78 is 5.70. The summed E-state index contributed by atoms with van der Waals surface area (Å²) in [6.07, 6.45) is 0.229. The number of aliphatic carboxylic acids is 1. The topological polar surface area (TPSA) is 75.6 Å². The highest BCUT2D eigenvalue weighted by Gasteiger charge is 2.21. The molecular formula is C13H16BrNO4. The van der Waals surface area contributed by atoms with E-state index in [2.05, 4.69) is 21.2 Å². The van der Waals surface area contributed by atoms with Gasteiger partial charge in [0.1, 0.15) is 6.04 Å². The Morgan fingerprint density at radius 1 is 1.47 bits per heavy atom. The zero-order chi connectivity index (χ0) is 14.4. The summed E-state index contributed by atoms with van der Waals surface area (Å²) in [5, 5.41) is 11.5. The normalized spacial score (nSPS) is 11.9. The van der Waals surface area contributed by atoms with Crippen LogP contribution in [0.3, 0.4) is 0 Å². The van der Waals surface area contributed by atoms with Gasteiger partial charge in [0.15, 0.2) is 0 Å². The molecule has 1 aromatic carbocycles. The van der Waals surface area contributed by atoms with E-state index in [4.69, 9.17) is 9.84 Å². The Labute approximate surface area is 120 Å². The number of benzene rings is 1. The predicted molar refractivity (Wildman–Crippen MR) is 74.3 cm³/mol. The van der Waals surface area contributed by atoms with Crippen molar-refractivity contribution in [2.75, 3.05) is 13.7 Å². The van der Waals surface area contributed by atoms with Gasteiger partial charge in [-0.2, -0.15) is 0 Å². The molecule has 19 heavy (non-hydrogen) atoms. The zero-order valence-electron chi connectivity index (χ0n) is 10.8. The molecule has 1 unspecified atom stereocenters. The number of carbonyl (C=O) groups is 2. The van der Waals surface area contributed by atoms with E-state index in [0.29, 0.717) is 5.56 Å². The van der Waals surface area contributed by atoms with E-state index in [-0.39, 0.29) is 13.0 Å². The van der Waals surface area contributed by atoms with Crippen LogP contribution in [0.2, 0.25) is 0 Å². The van der Waals surface area contributed by atoms with Crippen LogP contribution in [0.1, 0.15) is 22.3 Å². The highest BCUT2D eigenvalue weighted by molar-refractivity contribution is 9.10. The number of ether oxygens (including phenoxy) is 1. The van der Waals surface area contributed by atoms with Crippen LogP contribution < -0.4 is 5.32 Å². The van der Waals surface area contributed by atoms with Gasteiger partial charge in [0.2, 0.25) is 0 Å². The molecule has 0 saturated carbocycles. The van der Waals surface area contributed by atoms with Gasteiger partial charge in [0.05, 0.1) is 0 Å². The van der Waals surface area contributed by atoms with Gasteiger partial charge in [-0.25, -0.2) is 4.79 Å². The number of halogens is 1. The molecule has 0 heterocycles. The Bertz CT molecular complexity index is 476. The Hall–Kier alpha value is -1.40. The second-order valence-corrected chi connectivity index (χ2v) is 5.02. The lowest BCUT2D eigenvalue weighted by atomic mass is 10.1. The summed E-state index contributed by atoms with van der Waals surface area (Å²) in [4.78, 5) is 23.1. The molecular weight excluding hydrogens is 314 g/mol. The molecule has 0 aliphatic heterocycles. The van der Waals surface area contributed by atoms with Crippen molar-refractivity contribution in [3.8, 4) is 0 Å².